The van der Waals surface area contributed by atoms with Crippen molar-refractivity contribution >= 4 is 5.97 Å². The number of hydrogen-bond donors (Lipinski definition) is 1. The fourth-order valence-electron chi connectivity index (χ4n) is 1.32. The number of aliphatic carboxylic acids is 1. The van der Waals surface area contributed by atoms with E-state index in [-0.39, 0.29) is 6.42 Å². The maximum Gasteiger partial charge on any atom is 0.303 e. The minimum absolute atomic E-state index is 0.209. The Hall–Kier alpha value is -1.31. The van der Waals surface area contributed by atoms with Gasteiger partial charge in [-0.2, -0.15) is 0 Å². The Morgan fingerprint density at radius 3 is 2.06 bits per heavy atom. The van der Waals surface area contributed by atoms with Gasteiger partial charge in [0.25, 0.3) is 0 Å². The second-order valence-corrected chi connectivity index (χ2v) is 3.79. The van der Waals surface area contributed by atoms with Crippen molar-refractivity contribution in [3.05, 3.63) is 35.4 Å². The summed E-state index contributed by atoms with van der Waals surface area (Å²) in [6, 6.07) is 8.17. The number of carbonyl (C=O) groups is 1. The van der Waals surface area contributed by atoms with Crippen molar-refractivity contribution in [2.45, 2.75) is 46.5 Å². The summed E-state index contributed by atoms with van der Waals surface area (Å²) < 4.78 is 0. The molecule has 0 fully saturated rings. The van der Waals surface area contributed by atoms with Gasteiger partial charge in [0.2, 0.25) is 0 Å². The van der Waals surface area contributed by atoms with E-state index in [0.717, 1.165) is 5.56 Å². The van der Waals surface area contributed by atoms with Gasteiger partial charge in [0.15, 0.2) is 0 Å². The molecule has 0 heterocycles. The molecule has 2 heteroatoms. The summed E-state index contributed by atoms with van der Waals surface area (Å²) in [4.78, 5) is 10.3. The first-order chi connectivity index (χ1) is 7.59. The van der Waals surface area contributed by atoms with Crippen molar-refractivity contribution in [1.82, 2.24) is 0 Å². The zero-order valence-electron chi connectivity index (χ0n) is 10.7. The van der Waals surface area contributed by atoms with Gasteiger partial charge >= 0.3 is 5.97 Å². The topological polar surface area (TPSA) is 37.3 Å². The average Bonchev–Trinajstić information content (AvgIpc) is 2.29. The summed E-state index contributed by atoms with van der Waals surface area (Å²) in [5.74, 6) is -0.207. The smallest absolute Gasteiger partial charge is 0.303 e. The van der Waals surface area contributed by atoms with Gasteiger partial charge in [-0.25, -0.2) is 0 Å². The molecule has 0 atom stereocenters. The van der Waals surface area contributed by atoms with Crippen LogP contribution in [0.5, 0.6) is 0 Å². The van der Waals surface area contributed by atoms with Crippen LogP contribution in [0.1, 0.15) is 51.2 Å². The van der Waals surface area contributed by atoms with Crippen molar-refractivity contribution in [3.63, 3.8) is 0 Å². The predicted molar refractivity (Wildman–Crippen MR) is 67.8 cm³/mol. The standard InChI is InChI=1S/C12H16O2.C2H6/c1-9(2)11-6-3-10(4-7-11)5-8-12(13)14;1-2/h3-4,6-7,9H,5,8H2,1-2H3,(H,13,14);1-2H3. The molecular weight excluding hydrogens is 200 g/mol. The van der Waals surface area contributed by atoms with Crippen LogP contribution >= 0.6 is 0 Å². The molecule has 90 valence electrons. The van der Waals surface area contributed by atoms with Crippen molar-refractivity contribution in [1.29, 1.82) is 0 Å². The fraction of sp³-hybridized carbons (Fsp3) is 0.500. The predicted octanol–water partition coefficient (Wildman–Crippen LogP) is 3.85. The van der Waals surface area contributed by atoms with E-state index in [4.69, 9.17) is 5.11 Å². The summed E-state index contributed by atoms with van der Waals surface area (Å²) in [7, 11) is 0. The highest BCUT2D eigenvalue weighted by molar-refractivity contribution is 5.67. The van der Waals surface area contributed by atoms with Crippen LogP contribution in [0.2, 0.25) is 0 Å². The van der Waals surface area contributed by atoms with Crippen molar-refractivity contribution in [2.75, 3.05) is 0 Å². The summed E-state index contributed by atoms with van der Waals surface area (Å²) in [5, 5.41) is 8.52. The number of rotatable bonds is 4. The maximum absolute atomic E-state index is 10.3. The SMILES string of the molecule is CC.CC(C)c1ccc(CCC(=O)O)cc1. The lowest BCUT2D eigenvalue weighted by atomic mass is 10.0. The first kappa shape index (κ1) is 14.7. The first-order valence-electron chi connectivity index (χ1n) is 5.90. The molecule has 0 saturated carbocycles. The van der Waals surface area contributed by atoms with E-state index < -0.39 is 5.97 Å². The minimum atomic E-state index is -0.738. The molecule has 1 aromatic carbocycles. The molecule has 2 nitrogen and oxygen atoms in total. The highest BCUT2D eigenvalue weighted by Crippen LogP contribution is 2.15. The molecule has 1 aromatic rings. The maximum atomic E-state index is 10.3. The monoisotopic (exact) mass is 222 g/mol. The zero-order chi connectivity index (χ0) is 12.6. The molecule has 0 aliphatic carbocycles. The summed E-state index contributed by atoms with van der Waals surface area (Å²) in [6.45, 7) is 8.29. The van der Waals surface area contributed by atoms with E-state index >= 15 is 0 Å². The number of carboxylic acids is 1. The van der Waals surface area contributed by atoms with Crippen LogP contribution in [0, 0.1) is 0 Å². The van der Waals surface area contributed by atoms with Gasteiger partial charge < -0.3 is 5.11 Å². The third-order valence-corrected chi connectivity index (χ3v) is 2.27. The van der Waals surface area contributed by atoms with Crippen LogP contribution in [0.3, 0.4) is 0 Å². The lowest BCUT2D eigenvalue weighted by molar-refractivity contribution is -0.136. The van der Waals surface area contributed by atoms with E-state index in [1.54, 1.807) is 0 Å². The van der Waals surface area contributed by atoms with Crippen molar-refractivity contribution in [2.24, 2.45) is 0 Å². The molecule has 0 aliphatic heterocycles. The highest BCUT2D eigenvalue weighted by Gasteiger charge is 2.01. The van der Waals surface area contributed by atoms with Gasteiger partial charge in [-0.05, 0) is 23.5 Å². The number of carboxylic acid groups (broad SMARTS) is 1. The van der Waals surface area contributed by atoms with Crippen LogP contribution in [0.15, 0.2) is 24.3 Å². The Labute approximate surface area is 98.3 Å². The van der Waals surface area contributed by atoms with Crippen molar-refractivity contribution in [3.8, 4) is 0 Å². The normalized spacial score (nSPS) is 9.56. The van der Waals surface area contributed by atoms with E-state index in [2.05, 4.69) is 26.0 Å². The molecule has 0 radical (unpaired) electrons. The van der Waals surface area contributed by atoms with Gasteiger partial charge in [0, 0.05) is 6.42 Å². The Morgan fingerprint density at radius 2 is 1.69 bits per heavy atom. The summed E-state index contributed by atoms with van der Waals surface area (Å²) in [5.41, 5.74) is 2.39. The van der Waals surface area contributed by atoms with Crippen LogP contribution in [-0.4, -0.2) is 11.1 Å². The van der Waals surface area contributed by atoms with Gasteiger partial charge in [-0.15, -0.1) is 0 Å². The van der Waals surface area contributed by atoms with E-state index in [1.165, 1.54) is 5.56 Å². The molecule has 0 aliphatic rings. The Kier molecular flexibility index (Phi) is 7.27. The molecule has 0 unspecified atom stereocenters. The third-order valence-electron chi connectivity index (χ3n) is 2.27. The van der Waals surface area contributed by atoms with E-state index in [9.17, 15) is 4.79 Å². The van der Waals surface area contributed by atoms with Crippen LogP contribution < -0.4 is 0 Å². The van der Waals surface area contributed by atoms with Gasteiger partial charge in [0.1, 0.15) is 0 Å². The second kappa shape index (κ2) is 7.91. The average molecular weight is 222 g/mol. The molecule has 0 aromatic heterocycles. The molecule has 1 N–H and O–H groups in total. The second-order valence-electron chi connectivity index (χ2n) is 3.79. The largest absolute Gasteiger partial charge is 0.481 e. The zero-order valence-corrected chi connectivity index (χ0v) is 10.7. The van der Waals surface area contributed by atoms with Crippen LogP contribution in [0.25, 0.3) is 0 Å². The van der Waals surface area contributed by atoms with E-state index in [1.807, 2.05) is 26.0 Å². The van der Waals surface area contributed by atoms with Crippen LogP contribution in [-0.2, 0) is 11.2 Å². The fourth-order valence-corrected chi connectivity index (χ4v) is 1.32. The number of hydrogen-bond acceptors (Lipinski definition) is 1. The van der Waals surface area contributed by atoms with Crippen LogP contribution in [0.4, 0.5) is 0 Å². The molecule has 0 amide bonds. The molecule has 0 spiro atoms. The molecule has 0 saturated heterocycles. The summed E-state index contributed by atoms with van der Waals surface area (Å²) in [6.07, 6.45) is 0.828. The quantitative estimate of drug-likeness (QED) is 0.840. The third kappa shape index (κ3) is 5.54. The van der Waals surface area contributed by atoms with Gasteiger partial charge in [-0.3, -0.25) is 4.79 Å². The van der Waals surface area contributed by atoms with E-state index in [0.29, 0.717) is 12.3 Å². The Bertz CT molecular complexity index is 299. The van der Waals surface area contributed by atoms with Gasteiger partial charge in [0.05, 0.1) is 0 Å². The first-order valence-corrected chi connectivity index (χ1v) is 5.90. The molecule has 0 bridgehead atoms. The molecule has 1 rings (SSSR count). The summed E-state index contributed by atoms with van der Waals surface area (Å²) >= 11 is 0. The molecule has 16 heavy (non-hydrogen) atoms. The Balaban J connectivity index is 0.00000106. The van der Waals surface area contributed by atoms with Gasteiger partial charge in [-0.1, -0.05) is 52.0 Å². The molecular formula is C14H22O2. The lowest BCUT2D eigenvalue weighted by Gasteiger charge is -2.05. The minimum Gasteiger partial charge on any atom is -0.481 e. The number of benzene rings is 1. The lowest BCUT2D eigenvalue weighted by Crippen LogP contribution is -1.97. The van der Waals surface area contributed by atoms with Crippen molar-refractivity contribution < 1.29 is 9.90 Å². The highest BCUT2D eigenvalue weighted by atomic mass is 16.4. The Morgan fingerprint density at radius 1 is 1.19 bits per heavy atom. The number of aryl methyl sites for hydroxylation is 1.